The van der Waals surface area contributed by atoms with Gasteiger partial charge in [0.15, 0.2) is 0 Å². The van der Waals surface area contributed by atoms with Gasteiger partial charge in [0.2, 0.25) is 15.2 Å². The zero-order valence-corrected chi connectivity index (χ0v) is 19.6. The van der Waals surface area contributed by atoms with Gasteiger partial charge in [-0.25, -0.2) is 13.4 Å². The van der Waals surface area contributed by atoms with E-state index >= 15 is 0 Å². The summed E-state index contributed by atoms with van der Waals surface area (Å²) in [6, 6.07) is 21.3. The third kappa shape index (κ3) is 4.68. The fourth-order valence-electron chi connectivity index (χ4n) is 4.05. The van der Waals surface area contributed by atoms with Gasteiger partial charge in [0.25, 0.3) is 0 Å². The van der Waals surface area contributed by atoms with Gasteiger partial charge >= 0.3 is 0 Å². The van der Waals surface area contributed by atoms with Crippen LogP contribution in [0.3, 0.4) is 0 Å². The number of benzene rings is 3. The Morgan fingerprint density at radius 3 is 2.64 bits per heavy atom. The molecule has 1 aliphatic rings. The molecule has 3 aromatic carbocycles. The number of rotatable bonds is 6. The SMILES string of the molecule is O=S(=O)(c1cccc(-c2csc(N/N=C/c3cccc4ccccc34)n2)c1)N1CCCCC1. The Balaban J connectivity index is 1.33. The molecule has 1 N–H and O–H groups in total. The van der Waals surface area contributed by atoms with Crippen LogP contribution in [0.1, 0.15) is 24.8 Å². The van der Waals surface area contributed by atoms with Gasteiger partial charge < -0.3 is 0 Å². The van der Waals surface area contributed by atoms with Gasteiger partial charge in [0, 0.05) is 29.6 Å². The van der Waals surface area contributed by atoms with E-state index in [0.29, 0.717) is 23.1 Å². The monoisotopic (exact) mass is 476 g/mol. The lowest BCUT2D eigenvalue weighted by molar-refractivity contribution is 0.346. The number of hydrogen-bond acceptors (Lipinski definition) is 6. The number of aromatic nitrogens is 1. The van der Waals surface area contributed by atoms with Crippen LogP contribution in [-0.4, -0.2) is 37.0 Å². The van der Waals surface area contributed by atoms with Gasteiger partial charge in [0.1, 0.15) is 0 Å². The van der Waals surface area contributed by atoms with E-state index in [1.807, 2.05) is 35.7 Å². The summed E-state index contributed by atoms with van der Waals surface area (Å²) in [5.41, 5.74) is 5.51. The fourth-order valence-corrected chi connectivity index (χ4v) is 6.28. The van der Waals surface area contributed by atoms with Crippen molar-refractivity contribution in [1.82, 2.24) is 9.29 Å². The molecule has 0 unspecified atom stereocenters. The number of piperidine rings is 1. The van der Waals surface area contributed by atoms with Crippen molar-refractivity contribution in [1.29, 1.82) is 0 Å². The van der Waals surface area contributed by atoms with Crippen molar-refractivity contribution in [2.45, 2.75) is 24.2 Å². The summed E-state index contributed by atoms with van der Waals surface area (Å²) >= 11 is 1.43. The van der Waals surface area contributed by atoms with E-state index < -0.39 is 10.0 Å². The molecule has 8 heteroatoms. The maximum atomic E-state index is 13.0. The van der Waals surface area contributed by atoms with Gasteiger partial charge in [0.05, 0.1) is 16.8 Å². The summed E-state index contributed by atoms with van der Waals surface area (Å²) in [4.78, 5) is 4.91. The molecule has 0 atom stereocenters. The number of nitrogens with zero attached hydrogens (tertiary/aromatic N) is 3. The van der Waals surface area contributed by atoms with E-state index in [0.717, 1.165) is 46.9 Å². The van der Waals surface area contributed by atoms with Crippen molar-refractivity contribution >= 4 is 43.5 Å². The third-order valence-electron chi connectivity index (χ3n) is 5.77. The summed E-state index contributed by atoms with van der Waals surface area (Å²) in [5.74, 6) is 0. The minimum atomic E-state index is -3.48. The van der Waals surface area contributed by atoms with Crippen molar-refractivity contribution in [3.63, 3.8) is 0 Å². The van der Waals surface area contributed by atoms with Crippen LogP contribution in [0.4, 0.5) is 5.13 Å². The molecular weight excluding hydrogens is 452 g/mol. The van der Waals surface area contributed by atoms with Crippen LogP contribution < -0.4 is 5.43 Å². The van der Waals surface area contributed by atoms with Crippen LogP contribution in [-0.2, 0) is 10.0 Å². The zero-order chi connectivity index (χ0) is 22.7. The van der Waals surface area contributed by atoms with E-state index in [1.54, 1.807) is 28.7 Å². The molecule has 0 spiro atoms. The number of hydrazone groups is 1. The Hall–Kier alpha value is -3.07. The summed E-state index contributed by atoms with van der Waals surface area (Å²) < 4.78 is 27.6. The second-order valence-electron chi connectivity index (χ2n) is 7.97. The lowest BCUT2D eigenvalue weighted by atomic mass is 10.1. The molecule has 0 bridgehead atoms. The van der Waals surface area contributed by atoms with Crippen molar-refractivity contribution in [3.8, 4) is 11.3 Å². The molecule has 0 saturated carbocycles. The van der Waals surface area contributed by atoms with E-state index in [4.69, 9.17) is 0 Å². The lowest BCUT2D eigenvalue weighted by Crippen LogP contribution is -2.35. The van der Waals surface area contributed by atoms with Crippen LogP contribution in [0.5, 0.6) is 0 Å². The highest BCUT2D eigenvalue weighted by molar-refractivity contribution is 7.89. The largest absolute Gasteiger partial charge is 0.253 e. The molecule has 168 valence electrons. The predicted molar refractivity (Wildman–Crippen MR) is 135 cm³/mol. The number of thiazole rings is 1. The molecule has 4 aromatic rings. The van der Waals surface area contributed by atoms with Crippen LogP contribution in [0, 0.1) is 0 Å². The minimum Gasteiger partial charge on any atom is -0.253 e. The number of anilines is 1. The van der Waals surface area contributed by atoms with Gasteiger partial charge in [-0.3, -0.25) is 5.43 Å². The highest BCUT2D eigenvalue weighted by Crippen LogP contribution is 2.28. The Labute approximate surface area is 197 Å². The van der Waals surface area contributed by atoms with Crippen LogP contribution in [0.25, 0.3) is 22.0 Å². The first-order valence-electron chi connectivity index (χ1n) is 10.9. The fraction of sp³-hybridized carbons (Fsp3) is 0.200. The molecule has 1 aromatic heterocycles. The van der Waals surface area contributed by atoms with Crippen molar-refractivity contribution in [2.75, 3.05) is 18.5 Å². The molecule has 5 rings (SSSR count). The number of sulfonamides is 1. The molecule has 0 amide bonds. The first-order chi connectivity index (χ1) is 16.1. The molecule has 0 aliphatic carbocycles. The second-order valence-corrected chi connectivity index (χ2v) is 10.8. The maximum Gasteiger partial charge on any atom is 0.243 e. The molecule has 1 aliphatic heterocycles. The summed E-state index contributed by atoms with van der Waals surface area (Å²) in [5, 5.41) is 9.21. The van der Waals surface area contributed by atoms with E-state index in [2.05, 4.69) is 33.7 Å². The smallest absolute Gasteiger partial charge is 0.243 e. The molecule has 33 heavy (non-hydrogen) atoms. The highest BCUT2D eigenvalue weighted by atomic mass is 32.2. The topological polar surface area (TPSA) is 74.7 Å². The van der Waals surface area contributed by atoms with Crippen LogP contribution in [0.2, 0.25) is 0 Å². The Bertz CT molecular complexity index is 1400. The number of fused-ring (bicyclic) bond motifs is 1. The maximum absolute atomic E-state index is 13.0. The predicted octanol–water partition coefficient (Wildman–Crippen LogP) is 5.58. The molecule has 1 fully saturated rings. The normalized spacial score (nSPS) is 15.3. The van der Waals surface area contributed by atoms with Gasteiger partial charge in [-0.15, -0.1) is 11.3 Å². The van der Waals surface area contributed by atoms with Crippen molar-refractivity contribution in [3.05, 3.63) is 77.7 Å². The highest BCUT2D eigenvalue weighted by Gasteiger charge is 2.26. The Morgan fingerprint density at radius 2 is 1.76 bits per heavy atom. The van der Waals surface area contributed by atoms with Crippen LogP contribution >= 0.6 is 11.3 Å². The third-order valence-corrected chi connectivity index (χ3v) is 8.42. The molecule has 2 heterocycles. The number of nitrogens with one attached hydrogen (secondary N) is 1. The van der Waals surface area contributed by atoms with E-state index in [-0.39, 0.29) is 0 Å². The standard InChI is InChI=1S/C25H24N4O2S2/c30-33(31,29-14-4-1-5-15-29)22-12-7-10-20(16-22)24-18-32-25(27-24)28-26-17-21-11-6-9-19-8-2-3-13-23(19)21/h2-3,6-13,16-18H,1,4-5,14-15H2,(H,27,28)/b26-17+. The minimum absolute atomic E-state index is 0.318. The number of hydrogen-bond donors (Lipinski definition) is 1. The Kier molecular flexibility index (Phi) is 6.22. The average molecular weight is 477 g/mol. The van der Waals surface area contributed by atoms with Crippen molar-refractivity contribution < 1.29 is 8.42 Å². The van der Waals surface area contributed by atoms with E-state index in [9.17, 15) is 8.42 Å². The van der Waals surface area contributed by atoms with Gasteiger partial charge in [-0.2, -0.15) is 9.41 Å². The van der Waals surface area contributed by atoms with Crippen LogP contribution in [0.15, 0.2) is 82.1 Å². The molecule has 6 nitrogen and oxygen atoms in total. The Morgan fingerprint density at radius 1 is 0.970 bits per heavy atom. The summed E-state index contributed by atoms with van der Waals surface area (Å²) in [6.45, 7) is 1.18. The first kappa shape index (κ1) is 21.8. The van der Waals surface area contributed by atoms with E-state index in [1.165, 1.54) is 11.3 Å². The molecule has 1 saturated heterocycles. The second kappa shape index (κ2) is 9.43. The molecular formula is C25H24N4O2S2. The lowest BCUT2D eigenvalue weighted by Gasteiger charge is -2.26. The summed E-state index contributed by atoms with van der Waals surface area (Å²) in [7, 11) is -3.48. The first-order valence-corrected chi connectivity index (χ1v) is 13.3. The summed E-state index contributed by atoms with van der Waals surface area (Å²) in [6.07, 6.45) is 4.71. The zero-order valence-electron chi connectivity index (χ0n) is 18.0. The molecule has 0 radical (unpaired) electrons. The average Bonchev–Trinajstić information content (AvgIpc) is 3.34. The van der Waals surface area contributed by atoms with Crippen molar-refractivity contribution in [2.24, 2.45) is 5.10 Å². The van der Waals surface area contributed by atoms with Gasteiger partial charge in [-0.05, 0) is 35.7 Å². The quantitative estimate of drug-likeness (QED) is 0.291. The van der Waals surface area contributed by atoms with Gasteiger partial charge in [-0.1, -0.05) is 61.0 Å².